The summed E-state index contributed by atoms with van der Waals surface area (Å²) >= 11 is 1.07. The molecule has 7 nitrogen and oxygen atoms in total. The van der Waals surface area contributed by atoms with Gasteiger partial charge in [0.15, 0.2) is 6.10 Å². The molecule has 1 saturated heterocycles. The number of carbonyl (C=O) groups excluding carboxylic acids is 2. The number of carbonyl (C=O) groups is 2. The fourth-order valence-corrected chi connectivity index (χ4v) is 2.93. The van der Waals surface area contributed by atoms with Gasteiger partial charge in [-0.25, -0.2) is 0 Å². The first kappa shape index (κ1) is 15.6. The third-order valence-electron chi connectivity index (χ3n) is 3.53. The van der Waals surface area contributed by atoms with Crippen molar-refractivity contribution < 1.29 is 14.3 Å². The lowest BCUT2D eigenvalue weighted by Crippen LogP contribution is -2.50. The predicted molar refractivity (Wildman–Crippen MR) is 85.4 cm³/mol. The van der Waals surface area contributed by atoms with Crippen LogP contribution in [0.15, 0.2) is 30.3 Å². The second kappa shape index (κ2) is 6.84. The minimum Gasteiger partial charge on any atom is -0.365 e. The topological polar surface area (TPSA) is 84.4 Å². The molecule has 2 heterocycles. The fraction of sp³-hybridized carbons (Fsp3) is 0.333. The number of morpholine rings is 1. The van der Waals surface area contributed by atoms with E-state index in [0.717, 1.165) is 11.5 Å². The molecule has 1 unspecified atom stereocenters. The molecule has 3 rings (SSSR count). The Labute approximate surface area is 137 Å². The number of ether oxygens (including phenoxy) is 1. The minimum atomic E-state index is -0.686. The molecule has 1 atom stereocenters. The van der Waals surface area contributed by atoms with E-state index in [1.807, 2.05) is 18.2 Å². The molecule has 1 N–H and O–H groups in total. The smallest absolute Gasteiger partial charge is 0.267 e. The van der Waals surface area contributed by atoms with Crippen LogP contribution in [0.2, 0.25) is 0 Å². The van der Waals surface area contributed by atoms with Crippen molar-refractivity contribution in [3.05, 3.63) is 40.9 Å². The summed E-state index contributed by atoms with van der Waals surface area (Å²) in [5.41, 5.74) is 1.31. The Morgan fingerprint density at radius 1 is 1.35 bits per heavy atom. The second-order valence-electron chi connectivity index (χ2n) is 5.15. The van der Waals surface area contributed by atoms with E-state index in [1.54, 1.807) is 24.0 Å². The quantitative estimate of drug-likeness (QED) is 0.916. The summed E-state index contributed by atoms with van der Waals surface area (Å²) < 4.78 is 9.29. The van der Waals surface area contributed by atoms with E-state index >= 15 is 0 Å². The number of aromatic nitrogens is 2. The first-order valence-corrected chi connectivity index (χ1v) is 7.98. The maximum absolute atomic E-state index is 12.5. The zero-order valence-corrected chi connectivity index (χ0v) is 13.4. The monoisotopic (exact) mass is 332 g/mol. The number of nitrogens with one attached hydrogen (secondary N) is 1. The number of hydrogen-bond donors (Lipinski definition) is 1. The van der Waals surface area contributed by atoms with Gasteiger partial charge in [-0.15, -0.1) is 5.10 Å². The molecule has 8 heteroatoms. The number of hydrogen-bond acceptors (Lipinski definition) is 6. The van der Waals surface area contributed by atoms with Crippen LogP contribution in [-0.2, 0) is 9.53 Å². The summed E-state index contributed by atoms with van der Waals surface area (Å²) in [5, 5.41) is 6.65. The Hall–Kier alpha value is -2.32. The van der Waals surface area contributed by atoms with Gasteiger partial charge >= 0.3 is 0 Å². The molecule has 0 bridgehead atoms. The number of aryl methyl sites for hydroxylation is 1. The van der Waals surface area contributed by atoms with E-state index in [1.165, 1.54) is 0 Å². The highest BCUT2D eigenvalue weighted by Crippen LogP contribution is 2.16. The molecule has 2 amide bonds. The van der Waals surface area contributed by atoms with Crippen molar-refractivity contribution in [3.63, 3.8) is 0 Å². The van der Waals surface area contributed by atoms with Gasteiger partial charge in [-0.3, -0.25) is 9.59 Å². The van der Waals surface area contributed by atoms with Crippen molar-refractivity contribution in [3.8, 4) is 0 Å². The summed E-state index contributed by atoms with van der Waals surface area (Å²) in [6.07, 6.45) is -0.686. The van der Waals surface area contributed by atoms with Crippen molar-refractivity contribution in [1.82, 2.24) is 14.5 Å². The minimum absolute atomic E-state index is 0.154. The lowest BCUT2D eigenvalue weighted by Gasteiger charge is -2.31. The second-order valence-corrected chi connectivity index (χ2v) is 5.91. The van der Waals surface area contributed by atoms with Gasteiger partial charge < -0.3 is 15.0 Å². The number of benzene rings is 1. The lowest BCUT2D eigenvalue weighted by molar-refractivity contribution is -0.131. The average Bonchev–Trinajstić information content (AvgIpc) is 3.01. The van der Waals surface area contributed by atoms with Crippen LogP contribution in [-0.4, -0.2) is 52.1 Å². The molecule has 0 saturated carbocycles. The van der Waals surface area contributed by atoms with E-state index in [2.05, 4.69) is 14.9 Å². The Balaban J connectivity index is 1.65. The number of para-hydroxylation sites is 1. The van der Waals surface area contributed by atoms with Crippen LogP contribution in [0.3, 0.4) is 0 Å². The maximum atomic E-state index is 12.5. The maximum Gasteiger partial charge on any atom is 0.267 e. The Kier molecular flexibility index (Phi) is 4.63. The summed E-state index contributed by atoms with van der Waals surface area (Å²) in [7, 11) is 0. The van der Waals surface area contributed by atoms with E-state index < -0.39 is 6.10 Å². The van der Waals surface area contributed by atoms with Gasteiger partial charge in [0, 0.05) is 12.2 Å². The van der Waals surface area contributed by atoms with Gasteiger partial charge in [-0.2, -0.15) is 0 Å². The molecule has 1 aromatic carbocycles. The van der Waals surface area contributed by atoms with Crippen LogP contribution in [0.25, 0.3) is 0 Å². The Morgan fingerprint density at radius 2 is 2.13 bits per heavy atom. The Morgan fingerprint density at radius 3 is 2.83 bits per heavy atom. The Bertz CT molecular complexity index is 704. The van der Waals surface area contributed by atoms with Crippen LogP contribution in [0, 0.1) is 6.92 Å². The molecule has 0 spiro atoms. The zero-order chi connectivity index (χ0) is 16.2. The van der Waals surface area contributed by atoms with Crippen LogP contribution < -0.4 is 5.32 Å². The van der Waals surface area contributed by atoms with Crippen molar-refractivity contribution in [2.75, 3.05) is 25.0 Å². The number of nitrogens with zero attached hydrogens (tertiary/aromatic N) is 3. The molecule has 1 aliphatic rings. The highest BCUT2D eigenvalue weighted by Gasteiger charge is 2.31. The van der Waals surface area contributed by atoms with Gasteiger partial charge in [0.25, 0.3) is 11.8 Å². The normalized spacial score (nSPS) is 17.8. The van der Waals surface area contributed by atoms with Crippen molar-refractivity contribution in [2.45, 2.75) is 13.0 Å². The van der Waals surface area contributed by atoms with Crippen LogP contribution in [0.1, 0.15) is 15.4 Å². The first-order chi connectivity index (χ1) is 11.1. The van der Waals surface area contributed by atoms with E-state index in [9.17, 15) is 9.59 Å². The van der Waals surface area contributed by atoms with E-state index in [0.29, 0.717) is 29.4 Å². The summed E-state index contributed by atoms with van der Waals surface area (Å²) in [6.45, 7) is 2.74. The lowest BCUT2D eigenvalue weighted by atomic mass is 10.2. The molecule has 120 valence electrons. The highest BCUT2D eigenvalue weighted by molar-refractivity contribution is 7.07. The van der Waals surface area contributed by atoms with Gasteiger partial charge in [-0.1, -0.05) is 22.7 Å². The van der Waals surface area contributed by atoms with Crippen LogP contribution in [0.5, 0.6) is 0 Å². The average molecular weight is 332 g/mol. The molecular weight excluding hydrogens is 316 g/mol. The van der Waals surface area contributed by atoms with Crippen LogP contribution >= 0.6 is 11.5 Å². The number of amides is 2. The van der Waals surface area contributed by atoms with Crippen molar-refractivity contribution >= 4 is 29.0 Å². The highest BCUT2D eigenvalue weighted by atomic mass is 32.1. The standard InChI is InChI=1S/C15H16N4O3S/c1-10-13(23-18-17-10)15(21)19-7-8-22-12(9-19)14(20)16-11-5-3-2-4-6-11/h2-6,12H,7-9H2,1H3,(H,16,20). The number of anilines is 1. The van der Waals surface area contributed by atoms with Gasteiger partial charge in [-0.05, 0) is 30.6 Å². The zero-order valence-electron chi connectivity index (χ0n) is 12.6. The third kappa shape index (κ3) is 3.54. The van der Waals surface area contributed by atoms with Crippen LogP contribution in [0.4, 0.5) is 5.69 Å². The number of rotatable bonds is 3. The molecular formula is C15H16N4O3S. The van der Waals surface area contributed by atoms with Crippen molar-refractivity contribution in [1.29, 1.82) is 0 Å². The van der Waals surface area contributed by atoms with Gasteiger partial charge in [0.05, 0.1) is 18.8 Å². The summed E-state index contributed by atoms with van der Waals surface area (Å²) in [4.78, 5) is 26.9. The molecule has 2 aromatic rings. The van der Waals surface area contributed by atoms with E-state index in [-0.39, 0.29) is 18.4 Å². The van der Waals surface area contributed by atoms with E-state index in [4.69, 9.17) is 4.74 Å². The third-order valence-corrected chi connectivity index (χ3v) is 4.35. The van der Waals surface area contributed by atoms with Gasteiger partial charge in [0.1, 0.15) is 4.88 Å². The summed E-state index contributed by atoms with van der Waals surface area (Å²) in [5.74, 6) is -0.411. The molecule has 0 aliphatic carbocycles. The molecule has 0 radical (unpaired) electrons. The molecule has 23 heavy (non-hydrogen) atoms. The van der Waals surface area contributed by atoms with Crippen molar-refractivity contribution in [2.24, 2.45) is 0 Å². The molecule has 1 aliphatic heterocycles. The molecule has 1 aromatic heterocycles. The van der Waals surface area contributed by atoms with Gasteiger partial charge in [0.2, 0.25) is 0 Å². The largest absolute Gasteiger partial charge is 0.365 e. The summed E-state index contributed by atoms with van der Waals surface area (Å²) in [6, 6.07) is 9.16. The molecule has 1 fully saturated rings. The first-order valence-electron chi connectivity index (χ1n) is 7.21. The fourth-order valence-electron chi connectivity index (χ4n) is 2.31. The predicted octanol–water partition coefficient (Wildman–Crippen LogP) is 1.33. The SMILES string of the molecule is Cc1nnsc1C(=O)N1CCOC(C(=O)Nc2ccccc2)C1.